The van der Waals surface area contributed by atoms with Gasteiger partial charge in [-0.3, -0.25) is 9.59 Å². The lowest BCUT2D eigenvalue weighted by Crippen LogP contribution is -2.40. The van der Waals surface area contributed by atoms with Crippen LogP contribution in [0.2, 0.25) is 0 Å². The molecule has 0 saturated carbocycles. The standard InChI is InChI=1S/C34H34N6O3/c1-34(2,3)25-11-7-22(8-12-25)32(41)38-27-6-4-5-24(19-27)28-20-29-30(36-21-35-29)31(39-28)37-26-13-9-23(10-14-26)33(42)40-15-17-43-18-16-40/h4-14,19-21H,15-18H2,1-3H3,(H,35,36)(H,37,39)(H,38,41). The molecule has 9 nitrogen and oxygen atoms in total. The van der Waals surface area contributed by atoms with Crippen molar-refractivity contribution in [2.75, 3.05) is 36.9 Å². The zero-order chi connectivity index (χ0) is 30.0. The van der Waals surface area contributed by atoms with E-state index < -0.39 is 0 Å². The first-order valence-electron chi connectivity index (χ1n) is 14.4. The van der Waals surface area contributed by atoms with Gasteiger partial charge in [0.25, 0.3) is 11.8 Å². The number of anilines is 3. The zero-order valence-corrected chi connectivity index (χ0v) is 24.5. The van der Waals surface area contributed by atoms with Crippen molar-refractivity contribution in [3.63, 3.8) is 0 Å². The van der Waals surface area contributed by atoms with Crippen molar-refractivity contribution in [3.05, 3.63) is 102 Å². The van der Waals surface area contributed by atoms with Gasteiger partial charge >= 0.3 is 0 Å². The van der Waals surface area contributed by atoms with Gasteiger partial charge < -0.3 is 25.3 Å². The fraction of sp³-hybridized carbons (Fsp3) is 0.235. The second-order valence-electron chi connectivity index (χ2n) is 11.6. The van der Waals surface area contributed by atoms with Gasteiger partial charge in [0, 0.05) is 41.2 Å². The molecular formula is C34H34N6O3. The highest BCUT2D eigenvalue weighted by Gasteiger charge is 2.19. The number of hydrogen-bond acceptors (Lipinski definition) is 6. The van der Waals surface area contributed by atoms with Gasteiger partial charge in [-0.15, -0.1) is 0 Å². The number of fused-ring (bicyclic) bond motifs is 1. The summed E-state index contributed by atoms with van der Waals surface area (Å²) in [6, 6.07) is 24.6. The van der Waals surface area contributed by atoms with Gasteiger partial charge in [0.05, 0.1) is 30.8 Å². The third-order valence-corrected chi connectivity index (χ3v) is 7.53. The predicted molar refractivity (Wildman–Crippen MR) is 169 cm³/mol. The van der Waals surface area contributed by atoms with E-state index in [9.17, 15) is 9.59 Å². The normalized spacial score (nSPS) is 13.6. The van der Waals surface area contributed by atoms with Gasteiger partial charge in [-0.05, 0) is 65.6 Å². The molecule has 0 aliphatic carbocycles. The lowest BCUT2D eigenvalue weighted by atomic mass is 9.87. The molecule has 0 bridgehead atoms. The fourth-order valence-electron chi connectivity index (χ4n) is 5.04. The molecule has 2 aromatic heterocycles. The first-order chi connectivity index (χ1) is 20.7. The van der Waals surface area contributed by atoms with E-state index in [0.717, 1.165) is 16.8 Å². The fourth-order valence-corrected chi connectivity index (χ4v) is 5.04. The number of aromatic nitrogens is 3. The van der Waals surface area contributed by atoms with Crippen molar-refractivity contribution in [1.82, 2.24) is 19.9 Å². The minimum Gasteiger partial charge on any atom is -0.378 e. The summed E-state index contributed by atoms with van der Waals surface area (Å²) >= 11 is 0. The van der Waals surface area contributed by atoms with Crippen LogP contribution in [0, 0.1) is 0 Å². The molecule has 0 radical (unpaired) electrons. The third-order valence-electron chi connectivity index (χ3n) is 7.53. The highest BCUT2D eigenvalue weighted by atomic mass is 16.5. The first kappa shape index (κ1) is 28.1. The first-order valence-corrected chi connectivity index (χ1v) is 14.4. The topological polar surface area (TPSA) is 112 Å². The maximum absolute atomic E-state index is 13.0. The monoisotopic (exact) mass is 574 g/mol. The van der Waals surface area contributed by atoms with Crippen LogP contribution in [0.3, 0.4) is 0 Å². The Bertz CT molecular complexity index is 1770. The number of carbonyl (C=O) groups excluding carboxylic acids is 2. The van der Waals surface area contributed by atoms with Crippen LogP contribution in [0.5, 0.6) is 0 Å². The van der Waals surface area contributed by atoms with E-state index in [0.29, 0.717) is 60.1 Å². The number of imidazole rings is 1. The van der Waals surface area contributed by atoms with E-state index in [1.165, 1.54) is 5.56 Å². The van der Waals surface area contributed by atoms with E-state index in [-0.39, 0.29) is 17.2 Å². The number of aromatic amines is 1. The Morgan fingerprint density at radius 1 is 0.884 bits per heavy atom. The lowest BCUT2D eigenvalue weighted by molar-refractivity contribution is 0.0303. The highest BCUT2D eigenvalue weighted by molar-refractivity contribution is 6.04. The molecule has 6 rings (SSSR count). The van der Waals surface area contributed by atoms with Crippen LogP contribution >= 0.6 is 0 Å². The van der Waals surface area contributed by atoms with Gasteiger partial charge in [-0.2, -0.15) is 0 Å². The largest absolute Gasteiger partial charge is 0.378 e. The Kier molecular flexibility index (Phi) is 7.65. The average Bonchev–Trinajstić information content (AvgIpc) is 3.51. The van der Waals surface area contributed by atoms with Crippen molar-refractivity contribution in [3.8, 4) is 11.3 Å². The number of carbonyl (C=O) groups is 2. The Morgan fingerprint density at radius 2 is 1.60 bits per heavy atom. The summed E-state index contributed by atoms with van der Waals surface area (Å²) in [4.78, 5) is 40.2. The Labute approximate surface area is 250 Å². The molecule has 2 amide bonds. The summed E-state index contributed by atoms with van der Waals surface area (Å²) < 4.78 is 5.36. The molecule has 0 unspecified atom stereocenters. The Balaban J connectivity index is 1.21. The van der Waals surface area contributed by atoms with Crippen LogP contribution in [0.25, 0.3) is 22.3 Å². The third kappa shape index (κ3) is 6.27. The number of rotatable bonds is 6. The Morgan fingerprint density at radius 3 is 2.33 bits per heavy atom. The van der Waals surface area contributed by atoms with Gasteiger partial charge in [0.2, 0.25) is 0 Å². The van der Waals surface area contributed by atoms with Crippen LogP contribution in [-0.2, 0) is 10.2 Å². The molecule has 218 valence electrons. The molecule has 0 atom stereocenters. The van der Waals surface area contributed by atoms with E-state index in [1.54, 1.807) is 6.33 Å². The van der Waals surface area contributed by atoms with Crippen LogP contribution in [-0.4, -0.2) is 58.0 Å². The zero-order valence-electron chi connectivity index (χ0n) is 24.5. The van der Waals surface area contributed by atoms with Crippen molar-refractivity contribution in [2.24, 2.45) is 0 Å². The molecule has 9 heteroatoms. The van der Waals surface area contributed by atoms with E-state index >= 15 is 0 Å². The molecular weight excluding hydrogens is 540 g/mol. The van der Waals surface area contributed by atoms with Crippen molar-refractivity contribution in [1.29, 1.82) is 0 Å². The average molecular weight is 575 g/mol. The number of benzene rings is 3. The smallest absolute Gasteiger partial charge is 0.255 e. The van der Waals surface area contributed by atoms with E-state index in [1.807, 2.05) is 83.8 Å². The van der Waals surface area contributed by atoms with Crippen LogP contribution in [0.15, 0.2) is 85.2 Å². The van der Waals surface area contributed by atoms with Gasteiger partial charge in [-0.25, -0.2) is 9.97 Å². The summed E-state index contributed by atoms with van der Waals surface area (Å²) in [5, 5.41) is 6.37. The van der Waals surface area contributed by atoms with Crippen molar-refractivity contribution < 1.29 is 14.3 Å². The summed E-state index contributed by atoms with van der Waals surface area (Å²) in [7, 11) is 0. The molecule has 1 fully saturated rings. The summed E-state index contributed by atoms with van der Waals surface area (Å²) in [6.45, 7) is 8.77. The molecule has 1 saturated heterocycles. The predicted octanol–water partition coefficient (Wildman–Crippen LogP) is 6.39. The minimum atomic E-state index is -0.174. The Hall–Kier alpha value is -5.02. The van der Waals surface area contributed by atoms with Crippen LogP contribution in [0.4, 0.5) is 17.2 Å². The number of pyridine rings is 1. The molecule has 3 N–H and O–H groups in total. The molecule has 1 aliphatic heterocycles. The number of H-pyrrole nitrogens is 1. The minimum absolute atomic E-state index is 0.00133. The quantitative estimate of drug-likeness (QED) is 0.217. The molecule has 43 heavy (non-hydrogen) atoms. The second-order valence-corrected chi connectivity index (χ2v) is 11.6. The molecule has 0 spiro atoms. The van der Waals surface area contributed by atoms with E-state index in [2.05, 4.69) is 41.4 Å². The number of ether oxygens (including phenoxy) is 1. The van der Waals surface area contributed by atoms with Gasteiger partial charge in [0.15, 0.2) is 5.82 Å². The molecule has 5 aromatic rings. The molecule has 1 aliphatic rings. The SMILES string of the molecule is CC(C)(C)c1ccc(C(=O)Nc2cccc(-c3cc4[nH]cnc4c(Nc4ccc(C(=O)N5CCOCC5)cc4)n3)c2)cc1. The van der Waals surface area contributed by atoms with Crippen LogP contribution in [0.1, 0.15) is 47.1 Å². The van der Waals surface area contributed by atoms with Crippen LogP contribution < -0.4 is 10.6 Å². The van der Waals surface area contributed by atoms with Gasteiger partial charge in [0.1, 0.15) is 5.52 Å². The highest BCUT2D eigenvalue weighted by Crippen LogP contribution is 2.30. The summed E-state index contributed by atoms with van der Waals surface area (Å²) in [5.74, 6) is 0.403. The van der Waals surface area contributed by atoms with Crippen molar-refractivity contribution in [2.45, 2.75) is 26.2 Å². The molecule has 3 aromatic carbocycles. The number of nitrogens with zero attached hydrogens (tertiary/aromatic N) is 3. The molecule has 3 heterocycles. The lowest BCUT2D eigenvalue weighted by Gasteiger charge is -2.26. The number of nitrogens with one attached hydrogen (secondary N) is 3. The van der Waals surface area contributed by atoms with E-state index in [4.69, 9.17) is 9.72 Å². The number of amides is 2. The maximum atomic E-state index is 13.0. The number of hydrogen-bond donors (Lipinski definition) is 3. The summed E-state index contributed by atoms with van der Waals surface area (Å²) in [5.41, 5.74) is 6.94. The maximum Gasteiger partial charge on any atom is 0.255 e. The number of morpholine rings is 1. The summed E-state index contributed by atoms with van der Waals surface area (Å²) in [6.07, 6.45) is 1.63. The van der Waals surface area contributed by atoms with Crippen molar-refractivity contribution >= 4 is 40.0 Å². The second kappa shape index (κ2) is 11.7. The van der Waals surface area contributed by atoms with Gasteiger partial charge in [-0.1, -0.05) is 45.0 Å².